The molecule has 2 heterocycles. The Morgan fingerprint density at radius 1 is 1.59 bits per heavy atom. The second-order valence-electron chi connectivity index (χ2n) is 4.37. The van der Waals surface area contributed by atoms with Gasteiger partial charge in [-0.1, -0.05) is 0 Å². The zero-order valence-electron chi connectivity index (χ0n) is 9.70. The van der Waals surface area contributed by atoms with Crippen LogP contribution in [-0.2, 0) is 16.4 Å². The molecular formula is C10H16N4O2S. The molecule has 1 unspecified atom stereocenters. The Balaban J connectivity index is 2.00. The second-order valence-corrected chi connectivity index (χ2v) is 6.60. The fourth-order valence-corrected chi connectivity index (χ4v) is 3.77. The van der Waals surface area contributed by atoms with Crippen molar-refractivity contribution in [2.75, 3.05) is 24.3 Å². The summed E-state index contributed by atoms with van der Waals surface area (Å²) in [6.07, 6.45) is 2.29. The molecule has 0 saturated carbocycles. The number of rotatable bonds is 3. The van der Waals surface area contributed by atoms with Crippen molar-refractivity contribution in [3.8, 4) is 0 Å². The van der Waals surface area contributed by atoms with E-state index >= 15 is 0 Å². The third kappa shape index (κ3) is 3.13. The number of aromatic nitrogens is 2. The quantitative estimate of drug-likeness (QED) is 0.797. The van der Waals surface area contributed by atoms with Crippen LogP contribution in [0.5, 0.6) is 0 Å². The van der Waals surface area contributed by atoms with Crippen molar-refractivity contribution in [1.29, 1.82) is 0 Å². The lowest BCUT2D eigenvalue weighted by molar-refractivity contribution is 0.248. The standard InChI is InChI=1S/C10H16N4O2S/c1-14(8-3-5-17(15,16)7-8)6-10-12-4-2-9(11)13-10/h2,4,8H,3,5-7H2,1H3,(H2,11,12,13). The molecule has 17 heavy (non-hydrogen) atoms. The summed E-state index contributed by atoms with van der Waals surface area (Å²) >= 11 is 0. The number of nitrogens with two attached hydrogens (primary N) is 1. The fourth-order valence-electron chi connectivity index (χ4n) is 1.97. The first-order valence-electron chi connectivity index (χ1n) is 5.44. The number of sulfone groups is 1. The molecule has 2 N–H and O–H groups in total. The number of nitrogens with zero attached hydrogens (tertiary/aromatic N) is 3. The lowest BCUT2D eigenvalue weighted by Crippen LogP contribution is -2.32. The van der Waals surface area contributed by atoms with E-state index in [-0.39, 0.29) is 17.5 Å². The van der Waals surface area contributed by atoms with Gasteiger partial charge in [-0.2, -0.15) is 0 Å². The first-order valence-corrected chi connectivity index (χ1v) is 7.26. The van der Waals surface area contributed by atoms with Crippen molar-refractivity contribution in [3.05, 3.63) is 18.1 Å². The zero-order valence-corrected chi connectivity index (χ0v) is 10.5. The third-order valence-corrected chi connectivity index (χ3v) is 4.70. The summed E-state index contributed by atoms with van der Waals surface area (Å²) in [6.45, 7) is 0.519. The maximum atomic E-state index is 11.4. The van der Waals surface area contributed by atoms with E-state index in [2.05, 4.69) is 9.97 Å². The van der Waals surface area contributed by atoms with Crippen LogP contribution >= 0.6 is 0 Å². The molecule has 0 radical (unpaired) electrons. The average Bonchev–Trinajstić information content (AvgIpc) is 2.59. The Morgan fingerprint density at radius 2 is 2.35 bits per heavy atom. The van der Waals surface area contributed by atoms with Crippen LogP contribution in [0.3, 0.4) is 0 Å². The predicted molar refractivity (Wildman–Crippen MR) is 65.0 cm³/mol. The Morgan fingerprint density at radius 3 is 2.94 bits per heavy atom. The van der Waals surface area contributed by atoms with Gasteiger partial charge in [0.05, 0.1) is 18.1 Å². The molecule has 94 valence electrons. The molecule has 6 nitrogen and oxygen atoms in total. The van der Waals surface area contributed by atoms with Crippen molar-refractivity contribution in [2.45, 2.75) is 19.0 Å². The van der Waals surface area contributed by atoms with E-state index in [9.17, 15) is 8.42 Å². The van der Waals surface area contributed by atoms with Crippen LogP contribution < -0.4 is 5.73 Å². The van der Waals surface area contributed by atoms with Crippen molar-refractivity contribution in [3.63, 3.8) is 0 Å². The summed E-state index contributed by atoms with van der Waals surface area (Å²) in [4.78, 5) is 10.2. The molecule has 1 aliphatic heterocycles. The highest BCUT2D eigenvalue weighted by molar-refractivity contribution is 7.91. The number of anilines is 1. The Bertz CT molecular complexity index is 503. The zero-order chi connectivity index (χ0) is 12.5. The summed E-state index contributed by atoms with van der Waals surface area (Å²) in [6, 6.07) is 1.69. The lowest BCUT2D eigenvalue weighted by Gasteiger charge is -2.21. The number of nitrogen functional groups attached to an aromatic ring is 1. The first-order chi connectivity index (χ1) is 7.96. The molecule has 1 aromatic heterocycles. The van der Waals surface area contributed by atoms with Gasteiger partial charge in [-0.05, 0) is 19.5 Å². The summed E-state index contributed by atoms with van der Waals surface area (Å²) < 4.78 is 22.7. The number of hydrogen-bond acceptors (Lipinski definition) is 6. The average molecular weight is 256 g/mol. The third-order valence-electron chi connectivity index (χ3n) is 2.95. The minimum atomic E-state index is -2.85. The van der Waals surface area contributed by atoms with E-state index in [0.717, 1.165) is 0 Å². The summed E-state index contributed by atoms with van der Waals surface area (Å²) in [7, 11) is -0.961. The molecule has 1 aliphatic rings. The van der Waals surface area contributed by atoms with E-state index < -0.39 is 9.84 Å². The van der Waals surface area contributed by atoms with Crippen molar-refractivity contribution in [1.82, 2.24) is 14.9 Å². The molecular weight excluding hydrogens is 240 g/mol. The van der Waals surface area contributed by atoms with Crippen LogP contribution in [0.1, 0.15) is 12.2 Å². The van der Waals surface area contributed by atoms with Gasteiger partial charge in [0.2, 0.25) is 0 Å². The molecule has 0 aliphatic carbocycles. The van der Waals surface area contributed by atoms with Crippen LogP contribution in [0.25, 0.3) is 0 Å². The van der Waals surface area contributed by atoms with Crippen LogP contribution in [-0.4, -0.2) is 47.9 Å². The maximum absolute atomic E-state index is 11.4. The van der Waals surface area contributed by atoms with Gasteiger partial charge in [0.1, 0.15) is 11.6 Å². The summed E-state index contributed by atoms with van der Waals surface area (Å²) in [5.74, 6) is 1.56. The molecule has 7 heteroatoms. The van der Waals surface area contributed by atoms with Gasteiger partial charge >= 0.3 is 0 Å². The maximum Gasteiger partial charge on any atom is 0.151 e. The highest BCUT2D eigenvalue weighted by Gasteiger charge is 2.30. The number of hydrogen-bond donors (Lipinski definition) is 1. The largest absolute Gasteiger partial charge is 0.384 e. The molecule has 0 aromatic carbocycles. The van der Waals surface area contributed by atoms with E-state index in [4.69, 9.17) is 5.73 Å². The van der Waals surface area contributed by atoms with Crippen LogP contribution in [0.15, 0.2) is 12.3 Å². The van der Waals surface area contributed by atoms with Gasteiger partial charge in [0.25, 0.3) is 0 Å². The van der Waals surface area contributed by atoms with Crippen molar-refractivity contribution >= 4 is 15.7 Å². The minimum Gasteiger partial charge on any atom is -0.384 e. The van der Waals surface area contributed by atoms with Gasteiger partial charge in [-0.25, -0.2) is 18.4 Å². The predicted octanol–water partition coefficient (Wildman–Crippen LogP) is -0.322. The summed E-state index contributed by atoms with van der Waals surface area (Å²) in [5, 5.41) is 0. The van der Waals surface area contributed by atoms with E-state index in [1.54, 1.807) is 12.3 Å². The lowest BCUT2D eigenvalue weighted by atomic mass is 10.2. The molecule has 2 rings (SSSR count). The fraction of sp³-hybridized carbons (Fsp3) is 0.600. The molecule has 0 amide bonds. The molecule has 0 spiro atoms. The van der Waals surface area contributed by atoms with Crippen molar-refractivity contribution in [2.24, 2.45) is 0 Å². The van der Waals surface area contributed by atoms with Gasteiger partial charge < -0.3 is 5.73 Å². The molecule has 1 atom stereocenters. The monoisotopic (exact) mass is 256 g/mol. The smallest absolute Gasteiger partial charge is 0.151 e. The Hall–Kier alpha value is -1.21. The molecule has 1 aromatic rings. The summed E-state index contributed by atoms with van der Waals surface area (Å²) in [5.41, 5.74) is 5.57. The normalized spacial score (nSPS) is 23.1. The van der Waals surface area contributed by atoms with Crippen molar-refractivity contribution < 1.29 is 8.42 Å². The second kappa shape index (κ2) is 4.58. The van der Waals surface area contributed by atoms with Gasteiger partial charge in [0.15, 0.2) is 9.84 Å². The topological polar surface area (TPSA) is 89.2 Å². The van der Waals surface area contributed by atoms with Gasteiger partial charge in [-0.15, -0.1) is 0 Å². The first kappa shape index (κ1) is 12.3. The highest BCUT2D eigenvalue weighted by Crippen LogP contribution is 2.17. The van der Waals surface area contributed by atoms with E-state index in [1.165, 1.54) is 0 Å². The molecule has 0 bridgehead atoms. The van der Waals surface area contributed by atoms with E-state index in [0.29, 0.717) is 24.6 Å². The van der Waals surface area contributed by atoms with Gasteiger partial charge in [0, 0.05) is 12.2 Å². The molecule has 1 fully saturated rings. The Labute approximate surface area is 101 Å². The minimum absolute atomic E-state index is 0.0602. The van der Waals surface area contributed by atoms with Crippen LogP contribution in [0, 0.1) is 0 Å². The molecule has 1 saturated heterocycles. The SMILES string of the molecule is CN(Cc1nccc(N)n1)C1CCS(=O)(=O)C1. The highest BCUT2D eigenvalue weighted by atomic mass is 32.2. The van der Waals surface area contributed by atoms with Crippen LogP contribution in [0.4, 0.5) is 5.82 Å². The Kier molecular flexibility index (Phi) is 3.30. The van der Waals surface area contributed by atoms with Gasteiger partial charge in [-0.3, -0.25) is 4.90 Å². The van der Waals surface area contributed by atoms with Crippen LogP contribution in [0.2, 0.25) is 0 Å². The van der Waals surface area contributed by atoms with E-state index in [1.807, 2.05) is 11.9 Å².